The van der Waals surface area contributed by atoms with Crippen molar-refractivity contribution < 1.29 is 14.2 Å². The average Bonchev–Trinajstić information content (AvgIpc) is 2.65. The minimum atomic E-state index is 0. The molecule has 142 valence electrons. The molecule has 2 aromatic carbocycles. The van der Waals surface area contributed by atoms with Gasteiger partial charge in [0.25, 0.3) is 0 Å². The highest BCUT2D eigenvalue weighted by atomic mass is 127. The molecule has 7 heteroatoms. The minimum absolute atomic E-state index is 0. The molecule has 0 saturated carbocycles. The number of nitrogens with zero attached hydrogens (tertiary/aromatic N) is 1. The van der Waals surface area contributed by atoms with Crippen LogP contribution in [0, 0.1) is 0 Å². The topological polar surface area (TPSA) is 78.1 Å². The van der Waals surface area contributed by atoms with Crippen LogP contribution in [-0.2, 0) is 11.3 Å². The maximum absolute atomic E-state index is 5.86. The molecule has 0 fully saturated rings. The molecule has 0 saturated heterocycles. The number of ether oxygens (including phenoxy) is 3. The van der Waals surface area contributed by atoms with Crippen LogP contribution < -0.4 is 20.5 Å². The number of rotatable bonds is 9. The Morgan fingerprint density at radius 2 is 1.54 bits per heavy atom. The standard InChI is InChI=1S/C19H25N3O3.HI/c1-23-17-8-4-15(5-9-17)14-25-13-3-12-21-19(20)22-16-6-10-18(24-2)11-7-16;/h4-11H,3,12-14H2,1-2H3,(H3,20,21,22);1H. The fourth-order valence-corrected chi connectivity index (χ4v) is 2.14. The van der Waals surface area contributed by atoms with Crippen molar-refractivity contribution in [2.45, 2.75) is 13.0 Å². The van der Waals surface area contributed by atoms with E-state index in [9.17, 15) is 0 Å². The van der Waals surface area contributed by atoms with Gasteiger partial charge in [0.15, 0.2) is 5.96 Å². The van der Waals surface area contributed by atoms with Crippen molar-refractivity contribution in [3.05, 3.63) is 54.1 Å². The summed E-state index contributed by atoms with van der Waals surface area (Å²) in [5.74, 6) is 2.04. The summed E-state index contributed by atoms with van der Waals surface area (Å²) in [6.45, 7) is 1.82. The Morgan fingerprint density at radius 1 is 0.962 bits per heavy atom. The lowest BCUT2D eigenvalue weighted by atomic mass is 10.2. The van der Waals surface area contributed by atoms with Crippen LogP contribution in [-0.4, -0.2) is 33.3 Å². The average molecular weight is 471 g/mol. The van der Waals surface area contributed by atoms with Gasteiger partial charge in [-0.15, -0.1) is 24.0 Å². The molecule has 0 aliphatic heterocycles. The number of hydrogen-bond acceptors (Lipinski definition) is 4. The number of hydrogen-bond donors (Lipinski definition) is 2. The normalized spacial score (nSPS) is 10.8. The molecule has 0 unspecified atom stereocenters. The first kappa shape index (κ1) is 22.0. The zero-order valence-electron chi connectivity index (χ0n) is 15.1. The van der Waals surface area contributed by atoms with Crippen molar-refractivity contribution in [2.75, 3.05) is 32.7 Å². The Hall–Kier alpha value is -2.00. The maximum Gasteiger partial charge on any atom is 0.193 e. The zero-order valence-corrected chi connectivity index (χ0v) is 17.4. The monoisotopic (exact) mass is 471 g/mol. The number of halogens is 1. The van der Waals surface area contributed by atoms with E-state index in [2.05, 4.69) is 10.3 Å². The minimum Gasteiger partial charge on any atom is -0.497 e. The first-order valence-corrected chi connectivity index (χ1v) is 8.13. The summed E-state index contributed by atoms with van der Waals surface area (Å²) in [6, 6.07) is 15.3. The molecule has 0 heterocycles. The van der Waals surface area contributed by atoms with Gasteiger partial charge in [-0.25, -0.2) is 0 Å². The summed E-state index contributed by atoms with van der Waals surface area (Å²) in [4.78, 5) is 4.28. The highest BCUT2D eigenvalue weighted by molar-refractivity contribution is 14.0. The molecule has 0 aliphatic carbocycles. The van der Waals surface area contributed by atoms with Gasteiger partial charge in [-0.3, -0.25) is 4.99 Å². The smallest absolute Gasteiger partial charge is 0.193 e. The highest BCUT2D eigenvalue weighted by Gasteiger charge is 1.97. The summed E-state index contributed by atoms with van der Waals surface area (Å²) in [7, 11) is 3.29. The zero-order chi connectivity index (χ0) is 17.9. The second-order valence-electron chi connectivity index (χ2n) is 5.37. The molecule has 26 heavy (non-hydrogen) atoms. The number of aliphatic imine (C=N–C) groups is 1. The van der Waals surface area contributed by atoms with Crippen LogP contribution in [0.5, 0.6) is 11.5 Å². The van der Waals surface area contributed by atoms with Crippen LogP contribution in [0.3, 0.4) is 0 Å². The summed E-state index contributed by atoms with van der Waals surface area (Å²) >= 11 is 0. The van der Waals surface area contributed by atoms with Crippen LogP contribution in [0.2, 0.25) is 0 Å². The van der Waals surface area contributed by atoms with Gasteiger partial charge in [-0.1, -0.05) is 12.1 Å². The van der Waals surface area contributed by atoms with Crippen molar-refractivity contribution in [1.29, 1.82) is 0 Å². The van der Waals surface area contributed by atoms with E-state index >= 15 is 0 Å². The van der Waals surface area contributed by atoms with Crippen LogP contribution >= 0.6 is 24.0 Å². The van der Waals surface area contributed by atoms with Gasteiger partial charge in [0.2, 0.25) is 0 Å². The third-order valence-electron chi connectivity index (χ3n) is 3.52. The predicted molar refractivity (Wildman–Crippen MR) is 116 cm³/mol. The lowest BCUT2D eigenvalue weighted by molar-refractivity contribution is 0.120. The third kappa shape index (κ3) is 7.92. The van der Waals surface area contributed by atoms with Crippen molar-refractivity contribution in [3.8, 4) is 11.5 Å². The molecule has 0 radical (unpaired) electrons. The lowest BCUT2D eigenvalue weighted by Crippen LogP contribution is -2.22. The van der Waals surface area contributed by atoms with Crippen molar-refractivity contribution in [1.82, 2.24) is 0 Å². The van der Waals surface area contributed by atoms with E-state index in [1.54, 1.807) is 14.2 Å². The molecule has 0 aromatic heterocycles. The number of anilines is 1. The van der Waals surface area contributed by atoms with E-state index in [0.717, 1.165) is 29.2 Å². The van der Waals surface area contributed by atoms with Crippen LogP contribution in [0.4, 0.5) is 5.69 Å². The molecule has 3 N–H and O–H groups in total. The van der Waals surface area contributed by atoms with Gasteiger partial charge in [0, 0.05) is 18.8 Å². The quantitative estimate of drug-likeness (QED) is 0.253. The van der Waals surface area contributed by atoms with Gasteiger partial charge in [0.1, 0.15) is 11.5 Å². The van der Waals surface area contributed by atoms with Gasteiger partial charge in [0.05, 0.1) is 20.8 Å². The van der Waals surface area contributed by atoms with Gasteiger partial charge >= 0.3 is 0 Å². The van der Waals surface area contributed by atoms with E-state index in [0.29, 0.717) is 25.7 Å². The van der Waals surface area contributed by atoms with E-state index in [4.69, 9.17) is 19.9 Å². The van der Waals surface area contributed by atoms with Crippen molar-refractivity contribution in [3.63, 3.8) is 0 Å². The number of nitrogens with two attached hydrogens (primary N) is 1. The maximum atomic E-state index is 5.86. The predicted octanol–water partition coefficient (Wildman–Crippen LogP) is 3.66. The fraction of sp³-hybridized carbons (Fsp3) is 0.316. The van der Waals surface area contributed by atoms with Gasteiger partial charge in [-0.2, -0.15) is 0 Å². The van der Waals surface area contributed by atoms with E-state index in [-0.39, 0.29) is 24.0 Å². The second kappa shape index (κ2) is 12.4. The van der Waals surface area contributed by atoms with E-state index in [1.807, 2.05) is 48.5 Å². The summed E-state index contributed by atoms with van der Waals surface area (Å²) in [5.41, 5.74) is 7.85. The molecule has 0 spiro atoms. The molecule has 0 aliphatic rings. The first-order valence-electron chi connectivity index (χ1n) is 8.13. The Kier molecular flexibility index (Phi) is 10.5. The Labute approximate surface area is 171 Å². The van der Waals surface area contributed by atoms with E-state index in [1.165, 1.54) is 0 Å². The van der Waals surface area contributed by atoms with Crippen LogP contribution in [0.25, 0.3) is 0 Å². The van der Waals surface area contributed by atoms with Gasteiger partial charge < -0.3 is 25.3 Å². The second-order valence-corrected chi connectivity index (χ2v) is 5.37. The molecule has 0 amide bonds. The molecular formula is C19H26IN3O3. The number of benzene rings is 2. The molecule has 2 aromatic rings. The van der Waals surface area contributed by atoms with E-state index < -0.39 is 0 Å². The summed E-state index contributed by atoms with van der Waals surface area (Å²) in [5, 5.41) is 3.04. The molecular weight excluding hydrogens is 445 g/mol. The molecule has 0 atom stereocenters. The van der Waals surface area contributed by atoms with Crippen molar-refractivity contribution in [2.24, 2.45) is 10.7 Å². The summed E-state index contributed by atoms with van der Waals surface area (Å²) < 4.78 is 15.9. The molecule has 6 nitrogen and oxygen atoms in total. The number of guanidine groups is 1. The number of nitrogens with one attached hydrogen (secondary N) is 1. The lowest BCUT2D eigenvalue weighted by Gasteiger charge is -2.07. The third-order valence-corrected chi connectivity index (χ3v) is 3.52. The Bertz CT molecular complexity index is 661. The van der Waals surface area contributed by atoms with Crippen LogP contribution in [0.15, 0.2) is 53.5 Å². The largest absolute Gasteiger partial charge is 0.497 e. The molecule has 0 bridgehead atoms. The fourth-order valence-electron chi connectivity index (χ4n) is 2.14. The SMILES string of the molecule is COc1ccc(COCCCN=C(N)Nc2ccc(OC)cc2)cc1.I. The summed E-state index contributed by atoms with van der Waals surface area (Å²) in [6.07, 6.45) is 0.807. The molecule has 2 rings (SSSR count). The van der Waals surface area contributed by atoms with Gasteiger partial charge in [-0.05, 0) is 48.4 Å². The Morgan fingerprint density at radius 3 is 2.12 bits per heavy atom. The number of methoxy groups -OCH3 is 2. The van der Waals surface area contributed by atoms with Crippen molar-refractivity contribution >= 4 is 35.6 Å². The first-order chi connectivity index (χ1) is 12.2. The highest BCUT2D eigenvalue weighted by Crippen LogP contribution is 2.14. The Balaban J connectivity index is 0.00000338. The van der Waals surface area contributed by atoms with Crippen LogP contribution in [0.1, 0.15) is 12.0 Å².